The molecule has 1 fully saturated rings. The summed E-state index contributed by atoms with van der Waals surface area (Å²) in [4.78, 5) is 3.63. The summed E-state index contributed by atoms with van der Waals surface area (Å²) in [7, 11) is 3.62. The molecule has 0 bridgehead atoms. The molecule has 1 aromatic heterocycles. The fourth-order valence-electron chi connectivity index (χ4n) is 1.67. The van der Waals surface area contributed by atoms with Crippen LogP contribution in [0.2, 0.25) is 0 Å². The summed E-state index contributed by atoms with van der Waals surface area (Å²) < 4.78 is 9.91. The molecule has 0 N–H and O–H groups in total. The van der Waals surface area contributed by atoms with E-state index < -0.39 is 0 Å². The lowest BCUT2D eigenvalue weighted by Gasteiger charge is -2.25. The first-order chi connectivity index (χ1) is 7.68. The van der Waals surface area contributed by atoms with Gasteiger partial charge in [-0.1, -0.05) is 0 Å². The van der Waals surface area contributed by atoms with E-state index in [1.807, 2.05) is 14.1 Å². The zero-order valence-electron chi connectivity index (χ0n) is 9.55. The predicted octanol–water partition coefficient (Wildman–Crippen LogP) is -1.93. The topological polar surface area (TPSA) is 68.7 Å². The average molecular weight is 228 g/mol. The highest BCUT2D eigenvalue weighted by Gasteiger charge is 2.23. The first kappa shape index (κ1) is 11.2. The van der Waals surface area contributed by atoms with Gasteiger partial charge in [-0.3, -0.25) is 4.90 Å². The maximum absolute atomic E-state index is 11.5. The molecule has 0 spiro atoms. The van der Waals surface area contributed by atoms with Gasteiger partial charge < -0.3 is 14.4 Å². The molecule has 16 heavy (non-hydrogen) atoms. The molecule has 0 aliphatic carbocycles. The van der Waals surface area contributed by atoms with Crippen LogP contribution in [0.25, 0.3) is 0 Å². The Bertz CT molecular complexity index is 347. The highest BCUT2D eigenvalue weighted by Crippen LogP contribution is 2.11. The quantitative estimate of drug-likeness (QED) is 0.561. The van der Waals surface area contributed by atoms with Gasteiger partial charge in [0.05, 0.1) is 33.9 Å². The van der Waals surface area contributed by atoms with Gasteiger partial charge in [0, 0.05) is 17.9 Å². The van der Waals surface area contributed by atoms with Crippen LogP contribution in [0.4, 0.5) is 0 Å². The van der Waals surface area contributed by atoms with Crippen molar-refractivity contribution >= 4 is 0 Å². The van der Waals surface area contributed by atoms with Crippen LogP contribution >= 0.6 is 0 Å². The van der Waals surface area contributed by atoms with Crippen LogP contribution in [-0.4, -0.2) is 50.6 Å². The van der Waals surface area contributed by atoms with Crippen molar-refractivity contribution in [3.05, 3.63) is 5.69 Å². The lowest BCUT2D eigenvalue weighted by atomic mass is 10.3. The SMILES string of the molecule is CN(C)[n+]1noc([O-])c1CN1CCOCC1. The van der Waals surface area contributed by atoms with Gasteiger partial charge in [0.2, 0.25) is 0 Å². The Hall–Kier alpha value is -1.34. The van der Waals surface area contributed by atoms with E-state index in [9.17, 15) is 5.11 Å². The molecule has 0 radical (unpaired) electrons. The molecule has 0 unspecified atom stereocenters. The highest BCUT2D eigenvalue weighted by molar-refractivity contribution is 5.03. The molecule has 1 aliphatic heterocycles. The zero-order chi connectivity index (χ0) is 11.5. The third-order valence-electron chi connectivity index (χ3n) is 2.53. The molecule has 2 rings (SSSR count). The lowest BCUT2D eigenvalue weighted by molar-refractivity contribution is -0.760. The van der Waals surface area contributed by atoms with Crippen LogP contribution in [-0.2, 0) is 11.3 Å². The number of aromatic nitrogens is 2. The number of nitrogens with zero attached hydrogens (tertiary/aromatic N) is 4. The maximum atomic E-state index is 11.5. The molecule has 7 heteroatoms. The monoisotopic (exact) mass is 228 g/mol. The van der Waals surface area contributed by atoms with E-state index in [1.165, 1.54) is 4.79 Å². The van der Waals surface area contributed by atoms with E-state index in [-0.39, 0.29) is 5.95 Å². The average Bonchev–Trinajstić information content (AvgIpc) is 2.62. The Labute approximate surface area is 93.7 Å². The second-order valence-electron chi connectivity index (χ2n) is 3.93. The molecule has 0 aromatic carbocycles. The Morgan fingerprint density at radius 3 is 2.75 bits per heavy atom. The van der Waals surface area contributed by atoms with Crippen LogP contribution < -0.4 is 14.9 Å². The summed E-state index contributed by atoms with van der Waals surface area (Å²) in [5.41, 5.74) is 0.548. The third-order valence-corrected chi connectivity index (χ3v) is 2.53. The Balaban J connectivity index is 2.09. The van der Waals surface area contributed by atoms with E-state index in [2.05, 4.69) is 14.7 Å². The number of rotatable bonds is 3. The molecule has 1 aliphatic rings. The van der Waals surface area contributed by atoms with Gasteiger partial charge >= 0.3 is 0 Å². The van der Waals surface area contributed by atoms with Crippen LogP contribution in [0, 0.1) is 0 Å². The summed E-state index contributed by atoms with van der Waals surface area (Å²) in [5.74, 6) is -0.375. The molecule has 0 amide bonds. The van der Waals surface area contributed by atoms with Crippen LogP contribution in [0.3, 0.4) is 0 Å². The molecular formula is C9H16N4O3. The van der Waals surface area contributed by atoms with E-state index in [0.29, 0.717) is 25.5 Å². The summed E-state index contributed by atoms with van der Waals surface area (Å²) in [6.45, 7) is 3.63. The smallest absolute Gasteiger partial charge is 0.281 e. The van der Waals surface area contributed by atoms with Crippen molar-refractivity contribution in [3.8, 4) is 5.95 Å². The molecule has 90 valence electrons. The number of hydrogen-bond acceptors (Lipinski definition) is 6. The first-order valence-electron chi connectivity index (χ1n) is 5.24. The minimum atomic E-state index is -0.375. The van der Waals surface area contributed by atoms with Crippen molar-refractivity contribution in [1.29, 1.82) is 0 Å². The Kier molecular flexibility index (Phi) is 3.25. The van der Waals surface area contributed by atoms with Gasteiger partial charge in [-0.15, -0.1) is 0 Å². The van der Waals surface area contributed by atoms with Crippen LogP contribution in [0.5, 0.6) is 5.95 Å². The summed E-state index contributed by atoms with van der Waals surface area (Å²) in [6.07, 6.45) is 0. The third kappa shape index (κ3) is 2.25. The number of hydrogen-bond donors (Lipinski definition) is 0. The normalized spacial score (nSPS) is 17.6. The van der Waals surface area contributed by atoms with E-state index in [1.54, 1.807) is 5.01 Å². The molecule has 0 saturated carbocycles. The van der Waals surface area contributed by atoms with Gasteiger partial charge in [0.1, 0.15) is 5.27 Å². The van der Waals surface area contributed by atoms with Crippen molar-refractivity contribution in [2.24, 2.45) is 0 Å². The zero-order valence-corrected chi connectivity index (χ0v) is 9.55. The molecule has 2 heterocycles. The molecule has 7 nitrogen and oxygen atoms in total. The van der Waals surface area contributed by atoms with Crippen LogP contribution in [0.15, 0.2) is 4.52 Å². The minimum absolute atomic E-state index is 0.375. The van der Waals surface area contributed by atoms with Crippen molar-refractivity contribution in [1.82, 2.24) is 10.2 Å². The summed E-state index contributed by atoms with van der Waals surface area (Å²) in [6, 6.07) is 0. The second-order valence-corrected chi connectivity index (χ2v) is 3.93. The van der Waals surface area contributed by atoms with Crippen molar-refractivity contribution in [2.75, 3.05) is 45.4 Å². The highest BCUT2D eigenvalue weighted by atomic mass is 16.6. The van der Waals surface area contributed by atoms with Gasteiger partial charge in [-0.05, 0) is 0 Å². The molecule has 1 aromatic rings. The van der Waals surface area contributed by atoms with Crippen molar-refractivity contribution < 1.29 is 19.2 Å². The molecule has 1 saturated heterocycles. The minimum Gasteiger partial charge on any atom is -0.539 e. The number of ether oxygens (including phenoxy) is 1. The predicted molar refractivity (Wildman–Crippen MR) is 52.3 cm³/mol. The Morgan fingerprint density at radius 1 is 1.44 bits per heavy atom. The summed E-state index contributed by atoms with van der Waals surface area (Å²) >= 11 is 0. The largest absolute Gasteiger partial charge is 0.539 e. The van der Waals surface area contributed by atoms with E-state index >= 15 is 0 Å². The van der Waals surface area contributed by atoms with E-state index in [4.69, 9.17) is 4.74 Å². The van der Waals surface area contributed by atoms with Crippen molar-refractivity contribution in [3.63, 3.8) is 0 Å². The lowest BCUT2D eigenvalue weighted by Crippen LogP contribution is -2.57. The molecule has 0 atom stereocenters. The van der Waals surface area contributed by atoms with Crippen LogP contribution in [0.1, 0.15) is 5.69 Å². The standard InChI is InChI=1S/C9H16N4O3/c1-11(2)13-8(9(14)16-10-13)7-12-3-5-15-6-4-12/h3-7H2,1-2H3. The van der Waals surface area contributed by atoms with Gasteiger partial charge in [0.15, 0.2) is 5.95 Å². The maximum Gasteiger partial charge on any atom is 0.281 e. The fraction of sp³-hybridized carbons (Fsp3) is 0.778. The fourth-order valence-corrected chi connectivity index (χ4v) is 1.67. The number of morpholine rings is 1. The van der Waals surface area contributed by atoms with E-state index in [0.717, 1.165) is 13.1 Å². The summed E-state index contributed by atoms with van der Waals surface area (Å²) in [5, 5.41) is 16.9. The van der Waals surface area contributed by atoms with Gasteiger partial charge in [-0.25, -0.2) is 0 Å². The van der Waals surface area contributed by atoms with Gasteiger partial charge in [-0.2, -0.15) is 5.01 Å². The Morgan fingerprint density at radius 2 is 2.12 bits per heavy atom. The second kappa shape index (κ2) is 4.67. The van der Waals surface area contributed by atoms with Crippen molar-refractivity contribution in [2.45, 2.75) is 6.54 Å². The first-order valence-corrected chi connectivity index (χ1v) is 5.24. The van der Waals surface area contributed by atoms with Gasteiger partial charge in [0.25, 0.3) is 5.69 Å². The molecular weight excluding hydrogens is 212 g/mol.